The lowest BCUT2D eigenvalue weighted by Gasteiger charge is -2.11. The Kier molecular flexibility index (Phi) is 2.87. The zero-order valence-electron chi connectivity index (χ0n) is 10.4. The van der Waals surface area contributed by atoms with E-state index in [-0.39, 0.29) is 6.10 Å². The molecule has 1 fully saturated rings. The quantitative estimate of drug-likeness (QED) is 0.846. The molecule has 2 aromatic heterocycles. The highest BCUT2D eigenvalue weighted by atomic mass is 16.3. The fourth-order valence-electron chi connectivity index (χ4n) is 2.54. The van der Waals surface area contributed by atoms with E-state index in [9.17, 15) is 5.11 Å². The maximum atomic E-state index is 9.50. The molecule has 2 N–H and O–H groups in total. The van der Waals surface area contributed by atoms with Gasteiger partial charge in [0.1, 0.15) is 5.82 Å². The zero-order chi connectivity index (χ0) is 12.5. The number of aromatic nitrogens is 4. The molecule has 96 valence electrons. The Morgan fingerprint density at radius 3 is 3.11 bits per heavy atom. The molecule has 0 aromatic carbocycles. The first kappa shape index (κ1) is 11.4. The van der Waals surface area contributed by atoms with E-state index >= 15 is 0 Å². The molecule has 1 aliphatic carbocycles. The molecule has 0 saturated heterocycles. The second kappa shape index (κ2) is 4.53. The molecule has 0 bridgehead atoms. The summed E-state index contributed by atoms with van der Waals surface area (Å²) < 4.78 is 1.92. The van der Waals surface area contributed by atoms with Crippen molar-refractivity contribution in [3.63, 3.8) is 0 Å². The molecule has 6 heteroatoms. The number of fused-ring (bicyclic) bond motifs is 1. The highest BCUT2D eigenvalue weighted by Crippen LogP contribution is 2.25. The fourth-order valence-corrected chi connectivity index (χ4v) is 2.54. The molecule has 18 heavy (non-hydrogen) atoms. The number of rotatable bonds is 3. The summed E-state index contributed by atoms with van der Waals surface area (Å²) in [6.07, 6.45) is 6.33. The smallest absolute Gasteiger partial charge is 0.203 e. The third kappa shape index (κ3) is 2.03. The summed E-state index contributed by atoms with van der Waals surface area (Å²) in [4.78, 5) is 4.30. The molecule has 0 spiro atoms. The predicted octanol–water partition coefficient (Wildman–Crippen LogP) is 1.01. The Bertz CT molecular complexity index is 552. The molecule has 1 saturated carbocycles. The van der Waals surface area contributed by atoms with E-state index in [0.29, 0.717) is 5.92 Å². The summed E-state index contributed by atoms with van der Waals surface area (Å²) in [7, 11) is 0. The Hall–Kier alpha value is -1.69. The van der Waals surface area contributed by atoms with Crippen molar-refractivity contribution < 1.29 is 5.11 Å². The minimum Gasteiger partial charge on any atom is -0.393 e. The zero-order valence-corrected chi connectivity index (χ0v) is 10.4. The second-order valence-corrected chi connectivity index (χ2v) is 4.93. The van der Waals surface area contributed by atoms with Gasteiger partial charge in [0.25, 0.3) is 0 Å². The molecule has 0 radical (unpaired) electrons. The van der Waals surface area contributed by atoms with Gasteiger partial charge in [-0.05, 0) is 32.1 Å². The van der Waals surface area contributed by atoms with Crippen LogP contribution in [-0.4, -0.2) is 37.3 Å². The van der Waals surface area contributed by atoms with Crippen LogP contribution in [0.5, 0.6) is 0 Å². The minimum absolute atomic E-state index is 0.129. The van der Waals surface area contributed by atoms with Gasteiger partial charge in [-0.2, -0.15) is 0 Å². The van der Waals surface area contributed by atoms with Crippen molar-refractivity contribution in [3.8, 4) is 0 Å². The molecular formula is C12H17N5O. The van der Waals surface area contributed by atoms with Gasteiger partial charge >= 0.3 is 0 Å². The minimum atomic E-state index is -0.129. The summed E-state index contributed by atoms with van der Waals surface area (Å²) in [5.74, 6) is 2.14. The van der Waals surface area contributed by atoms with Crippen molar-refractivity contribution >= 4 is 11.5 Å². The number of nitrogens with zero attached hydrogens (tertiary/aromatic N) is 4. The molecule has 2 atom stereocenters. The van der Waals surface area contributed by atoms with E-state index in [1.165, 1.54) is 0 Å². The lowest BCUT2D eigenvalue weighted by Crippen LogP contribution is -2.14. The number of aryl methyl sites for hydroxylation is 1. The third-order valence-electron chi connectivity index (χ3n) is 3.57. The van der Waals surface area contributed by atoms with Gasteiger partial charge in [0.05, 0.1) is 6.10 Å². The maximum Gasteiger partial charge on any atom is 0.203 e. The number of nitrogens with one attached hydrogen (secondary N) is 1. The van der Waals surface area contributed by atoms with E-state index < -0.39 is 0 Å². The number of aliphatic hydroxyl groups is 1. The summed E-state index contributed by atoms with van der Waals surface area (Å²) in [5.41, 5.74) is 0.758. The molecule has 3 rings (SSSR count). The fraction of sp³-hybridized carbons (Fsp3) is 0.583. The van der Waals surface area contributed by atoms with E-state index in [2.05, 4.69) is 20.5 Å². The average molecular weight is 247 g/mol. The van der Waals surface area contributed by atoms with Gasteiger partial charge in [0.2, 0.25) is 5.65 Å². The Morgan fingerprint density at radius 1 is 1.44 bits per heavy atom. The number of hydrogen-bond acceptors (Lipinski definition) is 5. The number of anilines is 1. The second-order valence-electron chi connectivity index (χ2n) is 4.93. The van der Waals surface area contributed by atoms with E-state index in [1.54, 1.807) is 6.20 Å². The van der Waals surface area contributed by atoms with Crippen LogP contribution in [0, 0.1) is 12.8 Å². The van der Waals surface area contributed by atoms with Crippen LogP contribution in [0.1, 0.15) is 25.1 Å². The molecule has 6 nitrogen and oxygen atoms in total. The third-order valence-corrected chi connectivity index (χ3v) is 3.57. The van der Waals surface area contributed by atoms with Crippen molar-refractivity contribution in [3.05, 3.63) is 18.2 Å². The van der Waals surface area contributed by atoms with Crippen LogP contribution in [0.15, 0.2) is 12.4 Å². The highest BCUT2D eigenvalue weighted by Gasteiger charge is 2.22. The largest absolute Gasteiger partial charge is 0.393 e. The van der Waals surface area contributed by atoms with Gasteiger partial charge < -0.3 is 10.4 Å². The van der Waals surface area contributed by atoms with Crippen LogP contribution in [-0.2, 0) is 0 Å². The Morgan fingerprint density at radius 2 is 2.33 bits per heavy atom. The molecule has 2 heterocycles. The van der Waals surface area contributed by atoms with Crippen molar-refractivity contribution in [2.45, 2.75) is 32.3 Å². The summed E-state index contributed by atoms with van der Waals surface area (Å²) in [5, 5.41) is 21.0. The first-order chi connectivity index (χ1) is 8.74. The highest BCUT2D eigenvalue weighted by molar-refractivity contribution is 5.61. The summed E-state index contributed by atoms with van der Waals surface area (Å²) in [6, 6.07) is 0. The standard InChI is InChI=1S/C12H17N5O/c1-8-15-16-12-11(13-4-5-17(8)12)14-7-9-2-3-10(18)6-9/h4-5,9-10,18H,2-3,6-7H2,1H3,(H,13,14). The monoisotopic (exact) mass is 247 g/mol. The first-order valence-electron chi connectivity index (χ1n) is 6.32. The molecule has 1 aliphatic rings. The maximum absolute atomic E-state index is 9.50. The van der Waals surface area contributed by atoms with Crippen molar-refractivity contribution in [2.75, 3.05) is 11.9 Å². The summed E-state index contributed by atoms with van der Waals surface area (Å²) >= 11 is 0. The number of hydrogen-bond donors (Lipinski definition) is 2. The van der Waals surface area contributed by atoms with Gasteiger partial charge in [0, 0.05) is 18.9 Å². The molecule has 0 aliphatic heterocycles. The van der Waals surface area contributed by atoms with Crippen LogP contribution < -0.4 is 5.32 Å². The lowest BCUT2D eigenvalue weighted by molar-refractivity contribution is 0.178. The van der Waals surface area contributed by atoms with Gasteiger partial charge in [-0.3, -0.25) is 4.40 Å². The van der Waals surface area contributed by atoms with Crippen molar-refractivity contribution in [2.24, 2.45) is 5.92 Å². The molecule has 2 unspecified atom stereocenters. The summed E-state index contributed by atoms with van der Waals surface area (Å²) in [6.45, 7) is 2.74. The van der Waals surface area contributed by atoms with Gasteiger partial charge in [-0.15, -0.1) is 10.2 Å². The van der Waals surface area contributed by atoms with E-state index in [4.69, 9.17) is 0 Å². The normalized spacial score (nSPS) is 23.7. The molecule has 0 amide bonds. The van der Waals surface area contributed by atoms with Crippen LogP contribution in [0.25, 0.3) is 5.65 Å². The number of aliphatic hydroxyl groups excluding tert-OH is 1. The van der Waals surface area contributed by atoms with E-state index in [1.807, 2.05) is 17.5 Å². The van der Waals surface area contributed by atoms with Crippen molar-refractivity contribution in [1.29, 1.82) is 0 Å². The van der Waals surface area contributed by atoms with Crippen LogP contribution in [0.3, 0.4) is 0 Å². The van der Waals surface area contributed by atoms with Crippen LogP contribution >= 0.6 is 0 Å². The van der Waals surface area contributed by atoms with Gasteiger partial charge in [-0.1, -0.05) is 0 Å². The lowest BCUT2D eigenvalue weighted by atomic mass is 10.1. The average Bonchev–Trinajstić information content (AvgIpc) is 2.94. The van der Waals surface area contributed by atoms with Crippen molar-refractivity contribution in [1.82, 2.24) is 19.6 Å². The van der Waals surface area contributed by atoms with Gasteiger partial charge in [-0.25, -0.2) is 4.98 Å². The Labute approximate surface area is 105 Å². The molecule has 2 aromatic rings. The SMILES string of the molecule is Cc1nnc2c(NCC3CCC(O)C3)nccn12. The van der Waals surface area contributed by atoms with Crippen LogP contribution in [0.4, 0.5) is 5.82 Å². The molecular weight excluding hydrogens is 230 g/mol. The van der Waals surface area contributed by atoms with Gasteiger partial charge in [0.15, 0.2) is 5.82 Å². The van der Waals surface area contributed by atoms with Crippen LogP contribution in [0.2, 0.25) is 0 Å². The first-order valence-corrected chi connectivity index (χ1v) is 6.32. The topological polar surface area (TPSA) is 75.3 Å². The predicted molar refractivity (Wildman–Crippen MR) is 67.4 cm³/mol. The Balaban J connectivity index is 1.74. The van der Waals surface area contributed by atoms with E-state index in [0.717, 1.165) is 43.1 Å².